The van der Waals surface area contributed by atoms with E-state index in [4.69, 9.17) is 7.48 Å². The molecule has 0 unspecified atom stereocenters. The van der Waals surface area contributed by atoms with Gasteiger partial charge in [-0.05, 0) is 63.2 Å². The van der Waals surface area contributed by atoms with Gasteiger partial charge in [-0.25, -0.2) is 0 Å². The molecule has 4 nitrogen and oxygen atoms in total. The first-order valence-electron chi connectivity index (χ1n) is 9.89. The molecule has 7 atom stereocenters. The first kappa shape index (κ1) is 12.1. The van der Waals surface area contributed by atoms with Gasteiger partial charge >= 0.3 is 11.9 Å². The van der Waals surface area contributed by atoms with Gasteiger partial charge in [0, 0.05) is 11.8 Å². The van der Waals surface area contributed by atoms with Crippen molar-refractivity contribution in [3.63, 3.8) is 0 Å². The zero-order valence-corrected chi connectivity index (χ0v) is 13.4. The van der Waals surface area contributed by atoms with Crippen molar-refractivity contribution in [3.05, 3.63) is 12.1 Å². The fourth-order valence-corrected chi connectivity index (χ4v) is 7.58. The molecule has 5 fully saturated rings. The molecule has 4 saturated carbocycles. The SMILES string of the molecule is [2H]C([2H])=C1C[C@]23C[C@H]1CC[C@H]2[C@@]12CCC[C@@](C)(C(=O)O1)[C@H]2[C@@H]3C(=O)O. The monoisotopic (exact) mass is 318 g/mol. The number of allylic oxidation sites excluding steroid dienone is 1. The van der Waals surface area contributed by atoms with Gasteiger partial charge in [-0.3, -0.25) is 9.59 Å². The number of hydrogen-bond donors (Lipinski definition) is 1. The van der Waals surface area contributed by atoms with Crippen LogP contribution in [0.4, 0.5) is 0 Å². The van der Waals surface area contributed by atoms with Crippen LogP contribution in [0.15, 0.2) is 12.1 Å². The molecule has 1 N–H and O–H groups in total. The number of esters is 1. The van der Waals surface area contributed by atoms with Crippen molar-refractivity contribution in [2.75, 3.05) is 0 Å². The van der Waals surface area contributed by atoms with E-state index in [0.29, 0.717) is 12.8 Å². The van der Waals surface area contributed by atoms with Gasteiger partial charge in [0.05, 0.1) is 14.1 Å². The lowest BCUT2D eigenvalue weighted by Crippen LogP contribution is -2.47. The molecule has 4 bridgehead atoms. The summed E-state index contributed by atoms with van der Waals surface area (Å²) >= 11 is 0. The molecular weight excluding hydrogens is 292 g/mol. The number of carboxylic acid groups (broad SMARTS) is 1. The summed E-state index contributed by atoms with van der Waals surface area (Å²) in [6.07, 6.45) is 5.41. The molecule has 23 heavy (non-hydrogen) atoms. The molecular formula is C19H24O4. The van der Waals surface area contributed by atoms with Gasteiger partial charge in [0.1, 0.15) is 5.60 Å². The van der Waals surface area contributed by atoms with Crippen LogP contribution in [0.5, 0.6) is 0 Å². The molecule has 124 valence electrons. The first-order valence-corrected chi connectivity index (χ1v) is 8.89. The third-order valence-corrected chi connectivity index (χ3v) is 8.17. The summed E-state index contributed by atoms with van der Waals surface area (Å²) in [6.45, 7) is 1.78. The quantitative estimate of drug-likeness (QED) is 0.596. The molecule has 5 aliphatic rings. The Bertz CT molecular complexity index is 729. The number of carbonyl (C=O) groups excluding carboxylic acids is 1. The highest BCUT2D eigenvalue weighted by molar-refractivity contribution is 5.84. The van der Waals surface area contributed by atoms with Crippen LogP contribution in [0.3, 0.4) is 0 Å². The Morgan fingerprint density at radius 3 is 3.00 bits per heavy atom. The van der Waals surface area contributed by atoms with Crippen LogP contribution < -0.4 is 0 Å². The summed E-state index contributed by atoms with van der Waals surface area (Å²) in [4.78, 5) is 25.2. The topological polar surface area (TPSA) is 63.6 Å². The fraction of sp³-hybridized carbons (Fsp3) is 0.789. The van der Waals surface area contributed by atoms with E-state index in [1.165, 1.54) is 0 Å². The molecule has 0 amide bonds. The van der Waals surface area contributed by atoms with Crippen LogP contribution in [-0.4, -0.2) is 22.6 Å². The predicted molar refractivity (Wildman–Crippen MR) is 82.4 cm³/mol. The normalized spacial score (nSPS) is 57.3. The lowest BCUT2D eigenvalue weighted by Gasteiger charge is -2.43. The predicted octanol–water partition coefficient (Wildman–Crippen LogP) is 3.17. The maximum Gasteiger partial charge on any atom is 0.312 e. The van der Waals surface area contributed by atoms with Crippen molar-refractivity contribution >= 4 is 11.9 Å². The zero-order valence-electron chi connectivity index (χ0n) is 15.4. The van der Waals surface area contributed by atoms with Gasteiger partial charge in [-0.1, -0.05) is 12.1 Å². The molecule has 1 spiro atoms. The average Bonchev–Trinajstić information content (AvgIpc) is 3.00. The van der Waals surface area contributed by atoms with Crippen molar-refractivity contribution in [1.29, 1.82) is 0 Å². The molecule has 0 aromatic carbocycles. The molecule has 1 aliphatic heterocycles. The van der Waals surface area contributed by atoms with Gasteiger partial charge in [0.15, 0.2) is 0 Å². The number of carbonyl (C=O) groups is 2. The van der Waals surface area contributed by atoms with E-state index < -0.39 is 28.3 Å². The average molecular weight is 318 g/mol. The Morgan fingerprint density at radius 1 is 1.43 bits per heavy atom. The van der Waals surface area contributed by atoms with E-state index in [1.807, 2.05) is 6.92 Å². The molecule has 0 aromatic heterocycles. The van der Waals surface area contributed by atoms with Crippen molar-refractivity contribution < 1.29 is 22.2 Å². The summed E-state index contributed by atoms with van der Waals surface area (Å²) in [5.41, 5.74) is -0.928. The van der Waals surface area contributed by atoms with E-state index in [0.717, 1.165) is 37.7 Å². The highest BCUT2D eigenvalue weighted by Crippen LogP contribution is 2.77. The molecule has 1 saturated heterocycles. The van der Waals surface area contributed by atoms with Crippen molar-refractivity contribution in [1.82, 2.24) is 0 Å². The Hall–Kier alpha value is -1.32. The number of fused-ring (bicyclic) bond motifs is 1. The van der Waals surface area contributed by atoms with Crippen LogP contribution in [0.25, 0.3) is 0 Å². The first-order chi connectivity index (χ1) is 11.8. The lowest BCUT2D eigenvalue weighted by molar-refractivity contribution is -0.160. The number of hydrogen-bond acceptors (Lipinski definition) is 3. The largest absolute Gasteiger partial charge is 0.481 e. The van der Waals surface area contributed by atoms with Gasteiger partial charge in [0.2, 0.25) is 0 Å². The Kier molecular flexibility index (Phi) is 2.02. The van der Waals surface area contributed by atoms with Gasteiger partial charge in [0.25, 0.3) is 0 Å². The molecule has 5 rings (SSSR count). The van der Waals surface area contributed by atoms with Gasteiger partial charge < -0.3 is 9.84 Å². The number of ether oxygens (including phenoxy) is 1. The smallest absolute Gasteiger partial charge is 0.312 e. The maximum atomic E-state index is 12.7. The molecule has 1 heterocycles. The third kappa shape index (κ3) is 1.29. The van der Waals surface area contributed by atoms with E-state index in [-0.39, 0.29) is 30.3 Å². The van der Waals surface area contributed by atoms with Crippen LogP contribution in [-0.2, 0) is 14.3 Å². The summed E-state index contributed by atoms with van der Waals surface area (Å²) in [5.74, 6) is -1.65. The van der Waals surface area contributed by atoms with Crippen LogP contribution in [0.1, 0.15) is 54.6 Å². The molecule has 4 heteroatoms. The van der Waals surface area contributed by atoms with E-state index in [1.54, 1.807) is 0 Å². The number of aliphatic carboxylic acids is 1. The Labute approximate surface area is 139 Å². The van der Waals surface area contributed by atoms with Crippen LogP contribution in [0, 0.1) is 34.5 Å². The Balaban J connectivity index is 1.73. The third-order valence-electron chi connectivity index (χ3n) is 8.17. The van der Waals surface area contributed by atoms with E-state index in [9.17, 15) is 14.7 Å². The highest BCUT2D eigenvalue weighted by atomic mass is 16.6. The fourth-order valence-electron chi connectivity index (χ4n) is 7.58. The minimum absolute atomic E-state index is 0.0604. The summed E-state index contributed by atoms with van der Waals surface area (Å²) in [6, 6.07) is 0. The minimum Gasteiger partial charge on any atom is -0.481 e. The van der Waals surface area contributed by atoms with Crippen molar-refractivity contribution in [2.24, 2.45) is 34.5 Å². The summed E-state index contributed by atoms with van der Waals surface area (Å²) in [7, 11) is 0. The standard InChI is InChI=1S/C19H24O4/c1-10-8-18-9-11(10)4-5-12(18)19-7-3-6-17(2,16(22)23-19)14(19)13(18)15(20)21/h11-14H,1,3-9H2,2H3,(H,20,21)/t11-,12-,13-,14-,17-,18+,19-/m1/s1/i1D2. The van der Waals surface area contributed by atoms with Crippen molar-refractivity contribution in [2.45, 2.75) is 57.5 Å². The van der Waals surface area contributed by atoms with E-state index in [2.05, 4.69) is 0 Å². The lowest BCUT2D eigenvalue weighted by atomic mass is 9.60. The van der Waals surface area contributed by atoms with Crippen molar-refractivity contribution in [3.8, 4) is 0 Å². The maximum absolute atomic E-state index is 12.7. The van der Waals surface area contributed by atoms with Gasteiger partial charge in [-0.15, -0.1) is 0 Å². The van der Waals surface area contributed by atoms with Gasteiger partial charge in [-0.2, -0.15) is 0 Å². The second kappa shape index (κ2) is 3.84. The molecule has 0 aromatic rings. The van der Waals surface area contributed by atoms with Crippen LogP contribution >= 0.6 is 0 Å². The zero-order chi connectivity index (χ0) is 17.8. The summed E-state index contributed by atoms with van der Waals surface area (Å²) in [5, 5.41) is 10.2. The van der Waals surface area contributed by atoms with Crippen LogP contribution in [0.2, 0.25) is 0 Å². The molecule has 4 aliphatic carbocycles. The summed E-state index contributed by atoms with van der Waals surface area (Å²) < 4.78 is 21.8. The Morgan fingerprint density at radius 2 is 2.26 bits per heavy atom. The minimum atomic E-state index is -0.818. The molecule has 0 radical (unpaired) electrons. The second-order valence-electron chi connectivity index (χ2n) is 8.88. The van der Waals surface area contributed by atoms with E-state index >= 15 is 0 Å². The number of rotatable bonds is 1. The number of carboxylic acids is 1. The second-order valence-corrected chi connectivity index (χ2v) is 8.88. The highest BCUT2D eigenvalue weighted by Gasteiger charge is 2.81.